The van der Waals surface area contributed by atoms with Crippen molar-refractivity contribution in [3.63, 3.8) is 0 Å². The Hall–Kier alpha value is -5.65. The summed E-state index contributed by atoms with van der Waals surface area (Å²) in [6.45, 7) is 13.6. The van der Waals surface area contributed by atoms with Crippen LogP contribution in [0.1, 0.15) is 139 Å². The van der Waals surface area contributed by atoms with Crippen molar-refractivity contribution >= 4 is 355 Å². The number of nitriles is 4. The maximum atomic E-state index is 11.2. The molecule has 0 spiro atoms. The molecule has 0 aliphatic carbocycles. The molecule has 34 radical (unpaired) electrons. The molecule has 128 heavy (non-hydrogen) atoms. The van der Waals surface area contributed by atoms with Crippen molar-refractivity contribution in [3.05, 3.63) is 214 Å². The van der Waals surface area contributed by atoms with Crippen molar-refractivity contribution in [3.8, 4) is 24.3 Å². The molecule has 4 N–H and O–H groups in total. The van der Waals surface area contributed by atoms with E-state index in [1.807, 2.05) is 51.1 Å². The van der Waals surface area contributed by atoms with E-state index in [2.05, 4.69) is 172 Å². The number of esters is 6. The van der Waals surface area contributed by atoms with Crippen LogP contribution in [0.5, 0.6) is 0 Å². The van der Waals surface area contributed by atoms with E-state index in [0.29, 0.717) is 55.4 Å². The Bertz CT molecular complexity index is 4240. The predicted molar refractivity (Wildman–Crippen MR) is 526 cm³/mol. The number of rotatable bonds is 12. The van der Waals surface area contributed by atoms with Crippen molar-refractivity contribution < 1.29 is 148 Å². The molecule has 0 amide bonds. The van der Waals surface area contributed by atoms with E-state index in [0.717, 1.165) is 59.2 Å². The van der Waals surface area contributed by atoms with E-state index in [9.17, 15) is 33.6 Å². The van der Waals surface area contributed by atoms with Gasteiger partial charge in [-0.2, -0.15) is 21.0 Å². The van der Waals surface area contributed by atoms with Crippen LogP contribution in [0.25, 0.3) is 0 Å². The first-order valence-corrected chi connectivity index (χ1v) is 39.7. The molecule has 0 unspecified atom stereocenters. The molecule has 62 heteroatoms. The smallest absolute Gasteiger partial charge is 0.512 e. The number of aliphatic hydroxyl groups is 2. The van der Waals surface area contributed by atoms with E-state index < -0.39 is 85.8 Å². The van der Waals surface area contributed by atoms with Gasteiger partial charge in [-0.15, -0.1) is 0 Å². The number of carboxylic acid groups (broad SMARTS) is 3. The summed E-state index contributed by atoms with van der Waals surface area (Å²) < 4.78 is 39.4. The van der Waals surface area contributed by atoms with Gasteiger partial charge in [0.1, 0.15) is 6.61 Å². The maximum absolute atomic E-state index is 11.2. The molecule has 6 aromatic carbocycles. The Morgan fingerprint density at radius 3 is 0.961 bits per heavy atom. The van der Waals surface area contributed by atoms with Crippen LogP contribution >= 0.6 is 128 Å². The van der Waals surface area contributed by atoms with Gasteiger partial charge in [0.05, 0.1) is 122 Å². The first-order chi connectivity index (χ1) is 58.1. The number of carbonyl (C=O) groups is 9. The molecule has 0 aromatic heterocycles. The Kier molecular flexibility index (Phi) is 126. The zero-order chi connectivity index (χ0) is 101. The average Bonchev–Trinajstić information content (AvgIpc) is 0.869. The molecule has 0 aliphatic heterocycles. The normalized spacial score (nSPS) is 8.08. The molecule has 0 saturated carbocycles. The van der Waals surface area contributed by atoms with Crippen molar-refractivity contribution in [2.45, 2.75) is 63.3 Å². The number of carboxylic acids is 3. The van der Waals surface area contributed by atoms with Gasteiger partial charge in [-0.1, -0.05) is 131 Å². The summed E-state index contributed by atoms with van der Waals surface area (Å²) in [4.78, 5) is 94.6. The molecule has 0 atom stereocenters. The van der Waals surface area contributed by atoms with Crippen LogP contribution in [0.4, 0.5) is 0 Å². The van der Waals surface area contributed by atoms with Gasteiger partial charge in [0.2, 0.25) is 9.23 Å². The molecule has 27 nitrogen and oxygen atoms in total. The molecule has 6 rings (SSSR count). The summed E-state index contributed by atoms with van der Waals surface area (Å²) in [6.07, 6.45) is -2.31. The number of aryl methyl sites for hydroxylation is 3. The van der Waals surface area contributed by atoms with E-state index >= 15 is 0 Å². The number of halogens is 9. The van der Waals surface area contributed by atoms with Crippen LogP contribution in [-0.2, 0) is 87.6 Å². The summed E-state index contributed by atoms with van der Waals surface area (Å²) in [5.41, 5.74) is 8.74. The van der Waals surface area contributed by atoms with Crippen LogP contribution < -0.4 is 34.7 Å². The second-order valence-corrected chi connectivity index (χ2v) is 28.7. The molecule has 0 aliphatic rings. The molecule has 0 bridgehead atoms. The molecular formula is C66H65B22Br3Cl6CuN6NaO21S2. The van der Waals surface area contributed by atoms with Gasteiger partial charge in [-0.3, -0.25) is 9.59 Å². The standard InChI is InChI=1S/C12H11NO4.C10H8BrNO2.C10H9NO3.C10H9NO2.C9H9BrO2.C8H7BrO2.2C2H4O2.CCl4.CN.CH4O.B6.B5.B4.B3.B2.BHNS.B.Cl2OS.Cu.Na/c1-8(14)17-7-10-4-3-9(12(15)16-2)5-11(10)6-13;1-14-10(13)7-2-3-8(5-11)9(4-7)6-12;1-14-10(13)7-2-3-8(6-12)9(4-7)5-11;1-7-3-4-8(10(12)13-2)5-9(7)6-11;1-6-3-4-7(5-8(6)10)9(11)12-2;1-5-2-3-6(8(10)11)4-7(5)9;2*1-2(3)4;2-1(3,4)5;2*1-2;1-5(2)6(3)4;1-4-5(2)3;1-4(2)3;1-3-2;1-2;1-2-3;;1-4(2)3;;/h3-5H,7H2,1-2H3;2-4H,5H2,1H3;2-4,12H,6H2,1H3;3-5H,1-2H3;3-5H,1-2H3;2-4H,1H3,(H,10,11);2*1H3,(H,3,4);;;2H,1H3;;;;;;3H;;;;/q;;;;;;;;;-1;;;;;;;;;;2*+1/p-1. The first-order valence-electron chi connectivity index (χ1n) is 32.2. The van der Waals surface area contributed by atoms with Crippen molar-refractivity contribution in [1.82, 2.24) is 0 Å². The number of alkyl halides is 5. The third kappa shape index (κ3) is 102. The van der Waals surface area contributed by atoms with Crippen LogP contribution in [0, 0.1) is 77.9 Å². The number of hydrogen-bond acceptors (Lipinski definition) is 26. The summed E-state index contributed by atoms with van der Waals surface area (Å²) in [5.74, 6) is -5.40. The predicted octanol–water partition coefficient (Wildman–Crippen LogP) is 2.47. The number of aliphatic hydroxyl groups excluding tert-OH is 2. The minimum atomic E-state index is -1.67. The quantitative estimate of drug-likeness (QED) is 0.0223. The van der Waals surface area contributed by atoms with E-state index in [4.69, 9.17) is 178 Å². The van der Waals surface area contributed by atoms with Crippen molar-refractivity contribution in [1.29, 1.82) is 26.3 Å². The molecular weight excluding hydrogens is 2050 g/mol. The van der Waals surface area contributed by atoms with Crippen LogP contribution in [0.2, 0.25) is 0 Å². The summed E-state index contributed by atoms with van der Waals surface area (Å²) >= 11 is 32.3. The Morgan fingerprint density at radius 2 is 0.750 bits per heavy atom. The molecule has 0 heterocycles. The van der Waals surface area contributed by atoms with Crippen molar-refractivity contribution in [2.24, 2.45) is 4.30 Å². The number of carbonyl (C=O) groups excluding carboxylic acids is 7. The zero-order valence-corrected chi connectivity index (χ0v) is 84.6. The Labute approximate surface area is 868 Å². The average molecular weight is 2120 g/mol. The van der Waals surface area contributed by atoms with Gasteiger partial charge in [-0.05, 0) is 128 Å². The number of nitrogens with zero attached hydrogens (tertiary/aromatic N) is 6. The second-order valence-electron chi connectivity index (χ2n) is 20.3. The number of ether oxygens (including phenoxy) is 6. The Balaban J connectivity index is -0.0000000841. The fourth-order valence-electron chi connectivity index (χ4n) is 5.89. The minimum Gasteiger partial charge on any atom is -0.512 e. The summed E-state index contributed by atoms with van der Waals surface area (Å²) in [5, 5.41) is 82.7. The molecule has 638 valence electrons. The SMILES string of the molecule is CC(=O)O.CC(=O)[O-].CO.COC(=O)c1ccc(C)c(Br)c1.COC(=O)c1ccc(C)c(C#N)c1.COC(=O)c1ccc(CBr)c(C#N)c1.COC(=O)c1ccc(CO)c(C#N)c1.COC(=O)c1ccc(COC(C)=O)c(C#N)c1.Cc1ccc(C(=O)O)cc1Br.ClC(Cl)(Cl)Cl.O=S(Cl)Cl.[B].[B]=NS.[B]B([B])B([B])[B].[B]B([B])[B].[B][B].[B][B]B([B])[B].[B][B][B].[C-]#N.[Cu+].[Na+]. The van der Waals surface area contributed by atoms with E-state index in [1.165, 1.54) is 92.0 Å². The third-order valence-corrected chi connectivity index (χ3v) is 13.5. The van der Waals surface area contributed by atoms with Gasteiger partial charge in [0, 0.05) is 225 Å². The van der Waals surface area contributed by atoms with Crippen LogP contribution in [-0.4, -0.2) is 288 Å². The van der Waals surface area contributed by atoms with E-state index in [-0.39, 0.29) is 90.9 Å². The third-order valence-electron chi connectivity index (χ3n) is 11.2. The topological polar surface area (TPSA) is 461 Å². The zero-order valence-electron chi connectivity index (χ0n) is 70.7. The molecule has 0 fully saturated rings. The largest absolute Gasteiger partial charge is 1.00 e. The molecule has 0 saturated heterocycles. The van der Waals surface area contributed by atoms with Crippen LogP contribution in [0.3, 0.4) is 0 Å². The number of thiol groups is 1. The monoisotopic (exact) mass is 2120 g/mol. The van der Waals surface area contributed by atoms with Gasteiger partial charge in [0.25, 0.3) is 9.22 Å². The van der Waals surface area contributed by atoms with Crippen molar-refractivity contribution in [2.75, 3.05) is 42.7 Å². The van der Waals surface area contributed by atoms with Crippen LogP contribution in [0.15, 0.2) is 122 Å². The first kappa shape index (κ1) is 156. The van der Waals surface area contributed by atoms with Gasteiger partial charge in [0.15, 0.2) is 0 Å². The summed E-state index contributed by atoms with van der Waals surface area (Å²) in [6, 6.07) is 36.9. The van der Waals surface area contributed by atoms with E-state index in [1.54, 1.807) is 60.7 Å². The fourth-order valence-corrected chi connectivity index (χ4v) is 7.13. The number of hydrogen-bond donors (Lipinski definition) is 5. The molecule has 6 aromatic rings. The maximum Gasteiger partial charge on any atom is 1.00 e. The fraction of sp³-hybridized carbons (Fsp3) is 0.242. The second kappa shape index (κ2) is 103. The number of benzene rings is 6. The number of methoxy groups -OCH3 is 5. The minimum absolute atomic E-state index is 0. The Morgan fingerprint density at radius 1 is 0.547 bits per heavy atom. The summed E-state index contributed by atoms with van der Waals surface area (Å²) in [7, 11) is 86.9. The van der Waals surface area contributed by atoms with Gasteiger partial charge < -0.3 is 70.6 Å². The number of aromatic carboxylic acids is 1. The van der Waals surface area contributed by atoms with Gasteiger partial charge >= 0.3 is 113 Å². The number of aliphatic carboxylic acids is 2. The van der Waals surface area contributed by atoms with Gasteiger partial charge in [-0.25, -0.2) is 33.0 Å².